The van der Waals surface area contributed by atoms with Crippen molar-refractivity contribution in [3.8, 4) is 0 Å². The first-order valence-electron chi connectivity index (χ1n) is 8.43. The largest absolute Gasteiger partial charge is 0.394 e. The molecule has 4 nitrogen and oxygen atoms in total. The predicted octanol–water partition coefficient (Wildman–Crippen LogP) is 3.02. The number of unbranched alkanes of at least 4 members (excludes halogenated alkanes) is 1. The summed E-state index contributed by atoms with van der Waals surface area (Å²) < 4.78 is 12.3. The van der Waals surface area contributed by atoms with E-state index in [4.69, 9.17) is 14.6 Å². The maximum absolute atomic E-state index is 6.15. The summed E-state index contributed by atoms with van der Waals surface area (Å²) in [6, 6.07) is 2.16. The summed E-state index contributed by atoms with van der Waals surface area (Å²) in [6.07, 6.45) is 5.57. The molecule has 0 radical (unpaired) electrons. The average Bonchev–Trinajstić information content (AvgIpc) is 2.48. The van der Waals surface area contributed by atoms with Gasteiger partial charge in [-0.05, 0) is 63.8 Å². The lowest BCUT2D eigenvalue weighted by atomic mass is 10.3. The molecule has 0 unspecified atom stereocenters. The molecule has 0 saturated carbocycles. The third-order valence-electron chi connectivity index (χ3n) is 3.40. The standard InChI is InChI=1S/C15H36N2O2Si/c1-4-13-18-20(6-3,19-14-5-2)15-9-12-17-11-8-7-10-16/h17H,4-16H2,1-3H3. The molecule has 0 aromatic rings. The monoisotopic (exact) mass is 304 g/mol. The van der Waals surface area contributed by atoms with Gasteiger partial charge in [0.25, 0.3) is 0 Å². The van der Waals surface area contributed by atoms with E-state index in [2.05, 4.69) is 26.1 Å². The van der Waals surface area contributed by atoms with Gasteiger partial charge in [0.1, 0.15) is 0 Å². The van der Waals surface area contributed by atoms with E-state index in [1.165, 1.54) is 6.42 Å². The van der Waals surface area contributed by atoms with Gasteiger partial charge in [-0.2, -0.15) is 0 Å². The molecule has 0 heterocycles. The van der Waals surface area contributed by atoms with Crippen LogP contribution in [-0.2, 0) is 8.85 Å². The minimum atomic E-state index is -1.95. The van der Waals surface area contributed by atoms with Crippen molar-refractivity contribution in [2.24, 2.45) is 5.73 Å². The lowest BCUT2D eigenvalue weighted by molar-refractivity contribution is 0.167. The van der Waals surface area contributed by atoms with Crippen LogP contribution >= 0.6 is 0 Å². The molecule has 3 N–H and O–H groups in total. The highest BCUT2D eigenvalue weighted by molar-refractivity contribution is 6.67. The second-order valence-corrected chi connectivity index (χ2v) is 8.92. The van der Waals surface area contributed by atoms with Crippen LogP contribution in [0.2, 0.25) is 12.1 Å². The lowest BCUT2D eigenvalue weighted by Gasteiger charge is -2.30. The van der Waals surface area contributed by atoms with Crippen molar-refractivity contribution in [3.05, 3.63) is 0 Å². The Bertz CT molecular complexity index is 198. The van der Waals surface area contributed by atoms with E-state index in [0.29, 0.717) is 0 Å². The maximum Gasteiger partial charge on any atom is 0.337 e. The number of rotatable bonds is 15. The number of nitrogens with two attached hydrogens (primary N) is 1. The summed E-state index contributed by atoms with van der Waals surface area (Å²) in [5.41, 5.74) is 5.48. The Morgan fingerprint density at radius 1 is 0.900 bits per heavy atom. The van der Waals surface area contributed by atoms with Crippen LogP contribution in [0.25, 0.3) is 0 Å². The van der Waals surface area contributed by atoms with Crippen LogP contribution < -0.4 is 11.1 Å². The first-order valence-corrected chi connectivity index (χ1v) is 10.7. The minimum Gasteiger partial charge on any atom is -0.394 e. The van der Waals surface area contributed by atoms with Gasteiger partial charge in [0.2, 0.25) is 0 Å². The molecule has 0 saturated heterocycles. The average molecular weight is 305 g/mol. The summed E-state index contributed by atoms with van der Waals surface area (Å²) >= 11 is 0. The van der Waals surface area contributed by atoms with Gasteiger partial charge in [-0.3, -0.25) is 0 Å². The van der Waals surface area contributed by atoms with Gasteiger partial charge in [0, 0.05) is 13.2 Å². The zero-order valence-electron chi connectivity index (χ0n) is 13.9. The van der Waals surface area contributed by atoms with Gasteiger partial charge < -0.3 is 19.9 Å². The number of nitrogens with one attached hydrogen (secondary N) is 1. The Kier molecular flexibility index (Phi) is 14.1. The van der Waals surface area contributed by atoms with Crippen molar-refractivity contribution in [1.29, 1.82) is 0 Å². The van der Waals surface area contributed by atoms with E-state index in [1.807, 2.05) is 0 Å². The maximum atomic E-state index is 6.15. The third kappa shape index (κ3) is 9.88. The van der Waals surface area contributed by atoms with Gasteiger partial charge in [-0.25, -0.2) is 0 Å². The highest BCUT2D eigenvalue weighted by Crippen LogP contribution is 2.21. The van der Waals surface area contributed by atoms with Crippen LogP contribution in [0.4, 0.5) is 0 Å². The van der Waals surface area contributed by atoms with Crippen molar-refractivity contribution in [2.75, 3.05) is 32.8 Å². The smallest absolute Gasteiger partial charge is 0.337 e. The second kappa shape index (κ2) is 14.0. The van der Waals surface area contributed by atoms with E-state index < -0.39 is 8.56 Å². The predicted molar refractivity (Wildman–Crippen MR) is 89.3 cm³/mol. The molecule has 0 rings (SSSR count). The van der Waals surface area contributed by atoms with Crippen LogP contribution in [0.3, 0.4) is 0 Å². The molecule has 0 aromatic carbocycles. The van der Waals surface area contributed by atoms with Crippen LogP contribution in [0, 0.1) is 0 Å². The molecule has 0 spiro atoms. The SMILES string of the molecule is CCCO[Si](CC)(CCCNCCCCN)OCCC. The molecule has 0 aliphatic carbocycles. The fraction of sp³-hybridized carbons (Fsp3) is 1.00. The summed E-state index contributed by atoms with van der Waals surface area (Å²) in [7, 11) is -1.95. The van der Waals surface area contributed by atoms with Gasteiger partial charge >= 0.3 is 8.56 Å². The molecule has 0 bridgehead atoms. The van der Waals surface area contributed by atoms with Gasteiger partial charge in [0.15, 0.2) is 0 Å². The molecule has 0 amide bonds. The molecule has 20 heavy (non-hydrogen) atoms. The highest BCUT2D eigenvalue weighted by Gasteiger charge is 2.34. The van der Waals surface area contributed by atoms with E-state index in [-0.39, 0.29) is 0 Å². The summed E-state index contributed by atoms with van der Waals surface area (Å²) in [4.78, 5) is 0. The van der Waals surface area contributed by atoms with Crippen LogP contribution in [0.1, 0.15) is 52.9 Å². The van der Waals surface area contributed by atoms with Crippen molar-refractivity contribution in [3.63, 3.8) is 0 Å². The molecule has 122 valence electrons. The second-order valence-electron chi connectivity index (χ2n) is 5.31. The Morgan fingerprint density at radius 3 is 2.00 bits per heavy atom. The van der Waals surface area contributed by atoms with Gasteiger partial charge in [0.05, 0.1) is 0 Å². The van der Waals surface area contributed by atoms with Crippen LogP contribution in [0.15, 0.2) is 0 Å². The van der Waals surface area contributed by atoms with Crippen molar-refractivity contribution in [2.45, 2.75) is 65.0 Å². The highest BCUT2D eigenvalue weighted by atomic mass is 28.4. The third-order valence-corrected chi connectivity index (χ3v) is 7.05. The Morgan fingerprint density at radius 2 is 1.50 bits per heavy atom. The Hall–Kier alpha value is 0.0569. The van der Waals surface area contributed by atoms with E-state index in [0.717, 1.165) is 70.6 Å². The molecule has 0 aliphatic heterocycles. The lowest BCUT2D eigenvalue weighted by Crippen LogP contribution is -2.42. The van der Waals surface area contributed by atoms with Crippen molar-refractivity contribution in [1.82, 2.24) is 5.32 Å². The normalized spacial score (nSPS) is 12.0. The molecular weight excluding hydrogens is 268 g/mol. The molecule has 0 fully saturated rings. The van der Waals surface area contributed by atoms with E-state index in [9.17, 15) is 0 Å². The summed E-state index contributed by atoms with van der Waals surface area (Å²) in [5.74, 6) is 0. The molecule has 5 heteroatoms. The molecule has 0 atom stereocenters. The number of hydrogen-bond donors (Lipinski definition) is 2. The summed E-state index contributed by atoms with van der Waals surface area (Å²) in [5, 5.41) is 3.48. The van der Waals surface area contributed by atoms with Gasteiger partial charge in [-0.15, -0.1) is 0 Å². The van der Waals surface area contributed by atoms with Crippen molar-refractivity contribution >= 4 is 8.56 Å². The fourth-order valence-corrected chi connectivity index (χ4v) is 5.15. The quantitative estimate of drug-likeness (QED) is 0.361. The van der Waals surface area contributed by atoms with E-state index >= 15 is 0 Å². The fourth-order valence-electron chi connectivity index (χ4n) is 2.15. The zero-order chi connectivity index (χ0) is 15.1. The first-order chi connectivity index (χ1) is 9.74. The zero-order valence-corrected chi connectivity index (χ0v) is 14.9. The first kappa shape index (κ1) is 20.1. The Balaban J connectivity index is 3.94. The van der Waals surface area contributed by atoms with Gasteiger partial charge in [-0.1, -0.05) is 20.8 Å². The van der Waals surface area contributed by atoms with E-state index in [1.54, 1.807) is 0 Å². The molecule has 0 aromatic heterocycles. The van der Waals surface area contributed by atoms with Crippen molar-refractivity contribution < 1.29 is 8.85 Å². The minimum absolute atomic E-state index is 0.795. The van der Waals surface area contributed by atoms with Crippen LogP contribution in [0.5, 0.6) is 0 Å². The van der Waals surface area contributed by atoms with Crippen LogP contribution in [-0.4, -0.2) is 41.4 Å². The number of hydrogen-bond acceptors (Lipinski definition) is 4. The molecule has 0 aliphatic rings. The topological polar surface area (TPSA) is 56.5 Å². The summed E-state index contributed by atoms with van der Waals surface area (Å²) in [6.45, 7) is 11.1. The molecular formula is C15H36N2O2Si. The Labute approximate surface area is 127 Å².